The first-order valence-corrected chi connectivity index (χ1v) is 5.99. The van der Waals surface area contributed by atoms with E-state index >= 15 is 0 Å². The Morgan fingerprint density at radius 3 is 2.56 bits per heavy atom. The Hall–Kier alpha value is -0.610. The van der Waals surface area contributed by atoms with Gasteiger partial charge in [0.05, 0.1) is 6.61 Å². The van der Waals surface area contributed by atoms with E-state index in [-0.39, 0.29) is 24.5 Å². The number of nitrogens with one attached hydrogen (secondary N) is 1. The number of aliphatic hydroxyl groups is 1. The molecule has 0 radical (unpaired) electrons. The highest BCUT2D eigenvalue weighted by molar-refractivity contribution is 5.76. The van der Waals surface area contributed by atoms with Crippen LogP contribution in [-0.4, -0.2) is 37.4 Å². The van der Waals surface area contributed by atoms with Gasteiger partial charge in [0.25, 0.3) is 0 Å². The number of ether oxygens (including phenoxy) is 1. The van der Waals surface area contributed by atoms with Crippen molar-refractivity contribution in [2.45, 2.75) is 45.6 Å². The Kier molecular flexibility index (Phi) is 9.24. The molecule has 0 saturated heterocycles. The van der Waals surface area contributed by atoms with Crippen molar-refractivity contribution in [2.24, 2.45) is 5.92 Å². The summed E-state index contributed by atoms with van der Waals surface area (Å²) in [4.78, 5) is 11.3. The monoisotopic (exact) mass is 231 g/mol. The van der Waals surface area contributed by atoms with Crippen LogP contribution in [0.4, 0.5) is 0 Å². The van der Waals surface area contributed by atoms with Crippen molar-refractivity contribution in [2.75, 3.05) is 20.3 Å². The summed E-state index contributed by atoms with van der Waals surface area (Å²) in [5.74, 6) is 0.320. The number of hydrogen-bond donors (Lipinski definition) is 2. The molecule has 2 N–H and O–H groups in total. The first-order valence-electron chi connectivity index (χ1n) is 5.99. The van der Waals surface area contributed by atoms with E-state index in [0.29, 0.717) is 13.0 Å². The van der Waals surface area contributed by atoms with Gasteiger partial charge in [-0.25, -0.2) is 0 Å². The molecule has 0 aliphatic carbocycles. The van der Waals surface area contributed by atoms with Gasteiger partial charge in [-0.15, -0.1) is 0 Å². The highest BCUT2D eigenvalue weighted by Crippen LogP contribution is 2.09. The maximum Gasteiger partial charge on any atom is 0.220 e. The lowest BCUT2D eigenvalue weighted by atomic mass is 10.0. The molecule has 0 aromatic heterocycles. The number of methoxy groups -OCH3 is 1. The van der Waals surface area contributed by atoms with Crippen LogP contribution >= 0.6 is 0 Å². The number of carbonyl (C=O) groups is 1. The second-order valence-electron chi connectivity index (χ2n) is 4.47. The Bertz CT molecular complexity index is 183. The molecular weight excluding hydrogens is 206 g/mol. The molecule has 0 spiro atoms. The van der Waals surface area contributed by atoms with Crippen LogP contribution in [0.15, 0.2) is 0 Å². The van der Waals surface area contributed by atoms with Gasteiger partial charge in [-0.05, 0) is 26.7 Å². The van der Waals surface area contributed by atoms with Gasteiger partial charge >= 0.3 is 0 Å². The van der Waals surface area contributed by atoms with E-state index in [1.807, 2.05) is 13.8 Å². The van der Waals surface area contributed by atoms with E-state index < -0.39 is 0 Å². The molecule has 0 rings (SSSR count). The van der Waals surface area contributed by atoms with Crippen molar-refractivity contribution < 1.29 is 14.6 Å². The average Bonchev–Trinajstić information content (AvgIpc) is 2.21. The summed E-state index contributed by atoms with van der Waals surface area (Å²) in [5, 5.41) is 11.9. The van der Waals surface area contributed by atoms with Gasteiger partial charge in [-0.2, -0.15) is 0 Å². The maximum absolute atomic E-state index is 11.3. The zero-order chi connectivity index (χ0) is 12.4. The van der Waals surface area contributed by atoms with Crippen LogP contribution in [-0.2, 0) is 9.53 Å². The van der Waals surface area contributed by atoms with Gasteiger partial charge in [0.2, 0.25) is 5.91 Å². The van der Waals surface area contributed by atoms with Crippen molar-refractivity contribution in [1.29, 1.82) is 0 Å². The average molecular weight is 231 g/mol. The Morgan fingerprint density at radius 2 is 2.06 bits per heavy atom. The highest BCUT2D eigenvalue weighted by atomic mass is 16.5. The summed E-state index contributed by atoms with van der Waals surface area (Å²) in [6.07, 6.45) is 3.32. The summed E-state index contributed by atoms with van der Waals surface area (Å²) in [7, 11) is 1.64. The number of unbranched alkanes of at least 4 members (excludes halogenated alkanes) is 1. The minimum atomic E-state index is 0.113. The van der Waals surface area contributed by atoms with E-state index in [1.165, 1.54) is 0 Å². The van der Waals surface area contributed by atoms with Crippen LogP contribution in [0.5, 0.6) is 0 Å². The summed E-state index contributed by atoms with van der Waals surface area (Å²) >= 11 is 0. The van der Waals surface area contributed by atoms with E-state index in [0.717, 1.165) is 19.3 Å². The Labute approximate surface area is 98.4 Å². The number of aliphatic hydroxyl groups excluding tert-OH is 1. The topological polar surface area (TPSA) is 58.6 Å². The molecule has 1 unspecified atom stereocenters. The van der Waals surface area contributed by atoms with Crippen LogP contribution in [0, 0.1) is 5.92 Å². The number of amides is 1. The van der Waals surface area contributed by atoms with Gasteiger partial charge in [-0.1, -0.05) is 6.42 Å². The Balaban J connectivity index is 3.47. The predicted molar refractivity (Wildman–Crippen MR) is 64.2 cm³/mol. The lowest BCUT2D eigenvalue weighted by molar-refractivity contribution is -0.121. The lowest BCUT2D eigenvalue weighted by Crippen LogP contribution is -2.29. The zero-order valence-corrected chi connectivity index (χ0v) is 10.7. The molecule has 1 amide bonds. The van der Waals surface area contributed by atoms with Gasteiger partial charge in [0.15, 0.2) is 0 Å². The van der Waals surface area contributed by atoms with Crippen LogP contribution in [0.2, 0.25) is 0 Å². The van der Waals surface area contributed by atoms with E-state index in [9.17, 15) is 4.79 Å². The van der Waals surface area contributed by atoms with Gasteiger partial charge in [-0.3, -0.25) is 4.79 Å². The first kappa shape index (κ1) is 15.4. The molecule has 0 aliphatic rings. The third-order valence-corrected chi connectivity index (χ3v) is 2.38. The number of rotatable bonds is 9. The summed E-state index contributed by atoms with van der Waals surface area (Å²) in [5.41, 5.74) is 0. The van der Waals surface area contributed by atoms with Gasteiger partial charge < -0.3 is 15.2 Å². The highest BCUT2D eigenvalue weighted by Gasteiger charge is 2.07. The second-order valence-corrected chi connectivity index (χ2v) is 4.47. The molecule has 0 fully saturated rings. The lowest BCUT2D eigenvalue weighted by Gasteiger charge is -2.12. The molecule has 0 heterocycles. The molecule has 0 aromatic carbocycles. The second kappa shape index (κ2) is 9.60. The zero-order valence-electron chi connectivity index (χ0n) is 10.7. The fraction of sp³-hybridized carbons (Fsp3) is 0.917. The molecule has 4 nitrogen and oxygen atoms in total. The maximum atomic E-state index is 11.3. The first-order chi connectivity index (χ1) is 7.60. The predicted octanol–water partition coefficient (Wildman–Crippen LogP) is 1.33. The SMILES string of the molecule is COCC(CO)CCCCC(=O)NC(C)C. The minimum absolute atomic E-state index is 0.113. The summed E-state index contributed by atoms with van der Waals surface area (Å²) < 4.78 is 4.99. The molecule has 4 heteroatoms. The summed E-state index contributed by atoms with van der Waals surface area (Å²) in [6, 6.07) is 0.214. The van der Waals surface area contributed by atoms with Gasteiger partial charge in [0.1, 0.15) is 0 Å². The normalized spacial score (nSPS) is 12.8. The van der Waals surface area contributed by atoms with Crippen LogP contribution in [0.3, 0.4) is 0 Å². The molecule has 16 heavy (non-hydrogen) atoms. The number of hydrogen-bond acceptors (Lipinski definition) is 3. The third-order valence-electron chi connectivity index (χ3n) is 2.38. The van der Waals surface area contributed by atoms with Crippen molar-refractivity contribution in [1.82, 2.24) is 5.32 Å². The standard InChI is InChI=1S/C12H25NO3/c1-10(2)13-12(15)7-5-4-6-11(8-14)9-16-3/h10-11,14H,4-9H2,1-3H3,(H,13,15). The van der Waals surface area contributed by atoms with E-state index in [1.54, 1.807) is 7.11 Å². The largest absolute Gasteiger partial charge is 0.396 e. The molecule has 1 atom stereocenters. The molecular formula is C12H25NO3. The molecule has 0 aromatic rings. The molecule has 0 saturated carbocycles. The summed E-state index contributed by atoms with van der Waals surface area (Å²) in [6.45, 7) is 4.66. The quantitative estimate of drug-likeness (QED) is 0.588. The van der Waals surface area contributed by atoms with E-state index in [2.05, 4.69) is 5.32 Å². The molecule has 0 bridgehead atoms. The number of carbonyl (C=O) groups excluding carboxylic acids is 1. The van der Waals surface area contributed by atoms with E-state index in [4.69, 9.17) is 9.84 Å². The smallest absolute Gasteiger partial charge is 0.220 e. The van der Waals surface area contributed by atoms with Crippen molar-refractivity contribution in [3.05, 3.63) is 0 Å². The van der Waals surface area contributed by atoms with Crippen LogP contribution in [0.25, 0.3) is 0 Å². The fourth-order valence-electron chi connectivity index (χ4n) is 1.58. The van der Waals surface area contributed by atoms with Crippen LogP contribution in [0.1, 0.15) is 39.5 Å². The third kappa shape index (κ3) is 8.68. The van der Waals surface area contributed by atoms with Crippen LogP contribution < -0.4 is 5.32 Å². The van der Waals surface area contributed by atoms with Gasteiger partial charge in [0, 0.05) is 32.1 Å². The Morgan fingerprint density at radius 1 is 1.38 bits per heavy atom. The molecule has 96 valence electrons. The van der Waals surface area contributed by atoms with Crippen molar-refractivity contribution in [3.8, 4) is 0 Å². The van der Waals surface area contributed by atoms with Crippen molar-refractivity contribution in [3.63, 3.8) is 0 Å². The van der Waals surface area contributed by atoms with Crippen molar-refractivity contribution >= 4 is 5.91 Å². The minimum Gasteiger partial charge on any atom is -0.396 e. The molecule has 0 aliphatic heterocycles. The fourth-order valence-corrected chi connectivity index (χ4v) is 1.58.